The molecule has 1 amide bonds. The molecule has 0 bridgehead atoms. The molecule has 2 heterocycles. The van der Waals surface area contributed by atoms with E-state index in [9.17, 15) is 4.79 Å². The predicted molar refractivity (Wildman–Crippen MR) is 97.9 cm³/mol. The topological polar surface area (TPSA) is 68.0 Å². The van der Waals surface area contributed by atoms with Crippen LogP contribution in [0.4, 0.5) is 5.88 Å². The first kappa shape index (κ1) is 18.4. The van der Waals surface area contributed by atoms with Gasteiger partial charge in [-0.2, -0.15) is 0 Å². The number of benzene rings is 1. The minimum Gasteiger partial charge on any atom is -0.383 e. The number of amides is 1. The summed E-state index contributed by atoms with van der Waals surface area (Å²) in [6.45, 7) is 5.80. The van der Waals surface area contributed by atoms with Crippen molar-refractivity contribution in [3.8, 4) is 11.3 Å². The zero-order valence-corrected chi connectivity index (χ0v) is 15.3. The van der Waals surface area contributed by atoms with E-state index in [1.807, 2.05) is 30.3 Å². The second kappa shape index (κ2) is 8.82. The van der Waals surface area contributed by atoms with Crippen LogP contribution in [0.5, 0.6) is 0 Å². The van der Waals surface area contributed by atoms with Gasteiger partial charge in [0.1, 0.15) is 5.69 Å². The lowest BCUT2D eigenvalue weighted by Gasteiger charge is -2.28. The van der Waals surface area contributed by atoms with E-state index < -0.39 is 0 Å². The van der Waals surface area contributed by atoms with Gasteiger partial charge in [0.15, 0.2) is 0 Å². The van der Waals surface area contributed by atoms with Gasteiger partial charge in [-0.05, 0) is 0 Å². The Kier molecular flexibility index (Phi) is 6.25. The second-order valence-corrected chi connectivity index (χ2v) is 6.21. The van der Waals surface area contributed by atoms with Crippen LogP contribution < -0.4 is 4.90 Å². The number of hydrogen-bond acceptors (Lipinski definition) is 6. The van der Waals surface area contributed by atoms with Crippen LogP contribution in [0, 0.1) is 0 Å². The first-order valence-corrected chi connectivity index (χ1v) is 8.82. The fraction of sp³-hybridized carbons (Fsp3) is 0.474. The van der Waals surface area contributed by atoms with E-state index in [1.54, 1.807) is 18.9 Å². The Morgan fingerprint density at radius 1 is 1.27 bits per heavy atom. The van der Waals surface area contributed by atoms with Crippen molar-refractivity contribution in [1.29, 1.82) is 0 Å². The average Bonchev–Trinajstić information content (AvgIpc) is 3.10. The third kappa shape index (κ3) is 4.23. The van der Waals surface area contributed by atoms with E-state index in [0.29, 0.717) is 32.9 Å². The maximum absolute atomic E-state index is 12.1. The van der Waals surface area contributed by atoms with Crippen molar-refractivity contribution >= 4 is 11.8 Å². The molecule has 0 unspecified atom stereocenters. The Labute approximate surface area is 153 Å². The monoisotopic (exact) mass is 359 g/mol. The Hall–Kier alpha value is -2.38. The highest BCUT2D eigenvalue weighted by molar-refractivity contribution is 5.75. The molecule has 0 radical (unpaired) electrons. The van der Waals surface area contributed by atoms with E-state index in [-0.39, 0.29) is 5.91 Å². The molecule has 7 nitrogen and oxygen atoms in total. The van der Waals surface area contributed by atoms with Gasteiger partial charge in [-0.15, -0.1) is 0 Å². The van der Waals surface area contributed by atoms with Crippen LogP contribution >= 0.6 is 0 Å². The first-order valence-electron chi connectivity index (χ1n) is 8.82. The van der Waals surface area contributed by atoms with Gasteiger partial charge >= 0.3 is 0 Å². The normalized spacial score (nSPS) is 14.5. The summed E-state index contributed by atoms with van der Waals surface area (Å²) in [7, 11) is 1.63. The molecule has 1 aromatic heterocycles. The Bertz CT molecular complexity index is 711. The van der Waals surface area contributed by atoms with E-state index in [1.165, 1.54) is 0 Å². The summed E-state index contributed by atoms with van der Waals surface area (Å²) in [5.41, 5.74) is 2.67. The van der Waals surface area contributed by atoms with Crippen molar-refractivity contribution < 1.29 is 18.8 Å². The molecule has 7 heteroatoms. The van der Waals surface area contributed by atoms with Gasteiger partial charge in [-0.3, -0.25) is 4.79 Å². The molecular formula is C19H25N3O4. The molecule has 0 spiro atoms. The summed E-state index contributed by atoms with van der Waals surface area (Å²) in [5, 5.41) is 4.33. The molecule has 2 aromatic rings. The number of nitrogens with zero attached hydrogens (tertiary/aromatic N) is 3. The number of methoxy groups -OCH3 is 1. The summed E-state index contributed by atoms with van der Waals surface area (Å²) in [6, 6.07) is 9.90. The summed E-state index contributed by atoms with van der Waals surface area (Å²) in [6.07, 6.45) is 0. The fourth-order valence-electron chi connectivity index (χ4n) is 3.02. The number of anilines is 1. The van der Waals surface area contributed by atoms with E-state index in [4.69, 9.17) is 14.0 Å². The Morgan fingerprint density at radius 3 is 2.65 bits per heavy atom. The van der Waals surface area contributed by atoms with Crippen molar-refractivity contribution in [2.75, 3.05) is 51.5 Å². The van der Waals surface area contributed by atoms with E-state index >= 15 is 0 Å². The second-order valence-electron chi connectivity index (χ2n) is 6.21. The third-order valence-corrected chi connectivity index (χ3v) is 4.47. The Morgan fingerprint density at radius 2 is 2.00 bits per heavy atom. The van der Waals surface area contributed by atoms with Gasteiger partial charge in [0.2, 0.25) is 11.8 Å². The molecule has 1 aliphatic heterocycles. The minimum absolute atomic E-state index is 0.00445. The van der Waals surface area contributed by atoms with Gasteiger partial charge in [0.25, 0.3) is 0 Å². The maximum Gasteiger partial charge on any atom is 0.233 e. The van der Waals surface area contributed by atoms with Crippen LogP contribution in [-0.2, 0) is 20.8 Å². The van der Waals surface area contributed by atoms with Gasteiger partial charge in [0, 0.05) is 39.2 Å². The Balaban J connectivity index is 1.95. The van der Waals surface area contributed by atoms with Crippen LogP contribution in [0.1, 0.15) is 12.5 Å². The molecule has 0 aliphatic carbocycles. The van der Waals surface area contributed by atoms with Gasteiger partial charge in [-0.25, -0.2) is 0 Å². The molecular weight excluding hydrogens is 334 g/mol. The lowest BCUT2D eigenvalue weighted by molar-refractivity contribution is -0.130. The van der Waals surface area contributed by atoms with Crippen molar-refractivity contribution in [2.45, 2.75) is 13.5 Å². The SMILES string of the molecule is COCCN(Cc1c(-c2ccccc2)noc1N1CCOCC1)C(C)=O. The number of morpholine rings is 1. The number of hydrogen-bond donors (Lipinski definition) is 0. The summed E-state index contributed by atoms with van der Waals surface area (Å²) in [4.78, 5) is 16.0. The highest BCUT2D eigenvalue weighted by Gasteiger charge is 2.26. The smallest absolute Gasteiger partial charge is 0.233 e. The highest BCUT2D eigenvalue weighted by atomic mass is 16.5. The first-order chi connectivity index (χ1) is 12.7. The molecule has 1 aliphatic rings. The number of rotatable bonds is 7. The quantitative estimate of drug-likeness (QED) is 0.755. The summed E-state index contributed by atoms with van der Waals surface area (Å²) in [5.74, 6) is 0.714. The molecule has 26 heavy (non-hydrogen) atoms. The largest absolute Gasteiger partial charge is 0.383 e. The van der Waals surface area contributed by atoms with Gasteiger partial charge < -0.3 is 23.8 Å². The molecule has 3 rings (SSSR count). The summed E-state index contributed by atoms with van der Waals surface area (Å²) < 4.78 is 16.3. The molecule has 1 aromatic carbocycles. The average molecular weight is 359 g/mol. The fourth-order valence-corrected chi connectivity index (χ4v) is 3.02. The lowest BCUT2D eigenvalue weighted by atomic mass is 10.1. The highest BCUT2D eigenvalue weighted by Crippen LogP contribution is 2.32. The maximum atomic E-state index is 12.1. The van der Waals surface area contributed by atoms with Gasteiger partial charge in [0.05, 0.1) is 31.9 Å². The molecule has 1 saturated heterocycles. The zero-order chi connectivity index (χ0) is 18.4. The zero-order valence-electron chi connectivity index (χ0n) is 15.3. The van der Waals surface area contributed by atoms with Crippen molar-refractivity contribution in [1.82, 2.24) is 10.1 Å². The summed E-state index contributed by atoms with van der Waals surface area (Å²) >= 11 is 0. The molecule has 140 valence electrons. The van der Waals surface area contributed by atoms with Crippen LogP contribution in [0.2, 0.25) is 0 Å². The predicted octanol–water partition coefficient (Wildman–Crippen LogP) is 2.17. The van der Waals surface area contributed by atoms with Crippen molar-refractivity contribution in [3.05, 3.63) is 35.9 Å². The van der Waals surface area contributed by atoms with Gasteiger partial charge in [-0.1, -0.05) is 35.5 Å². The molecule has 1 fully saturated rings. The minimum atomic E-state index is -0.00445. The molecule has 0 saturated carbocycles. The number of carbonyl (C=O) groups is 1. The standard InChI is InChI=1S/C19H25N3O4/c1-15(23)22(8-11-24-2)14-17-18(16-6-4-3-5-7-16)20-26-19(17)21-9-12-25-13-10-21/h3-7H,8-14H2,1-2H3. The number of ether oxygens (including phenoxy) is 2. The molecule has 0 atom stereocenters. The van der Waals surface area contributed by atoms with Crippen LogP contribution in [0.15, 0.2) is 34.9 Å². The van der Waals surface area contributed by atoms with Crippen LogP contribution in [0.25, 0.3) is 11.3 Å². The third-order valence-electron chi connectivity index (χ3n) is 4.47. The number of aromatic nitrogens is 1. The van der Waals surface area contributed by atoms with E-state index in [2.05, 4.69) is 10.1 Å². The van der Waals surface area contributed by atoms with Crippen molar-refractivity contribution in [2.24, 2.45) is 0 Å². The van der Waals surface area contributed by atoms with Crippen LogP contribution in [0.3, 0.4) is 0 Å². The van der Waals surface area contributed by atoms with Crippen molar-refractivity contribution in [3.63, 3.8) is 0 Å². The van der Waals surface area contributed by atoms with Crippen LogP contribution in [-0.4, -0.2) is 62.5 Å². The van der Waals surface area contributed by atoms with E-state index in [0.717, 1.165) is 35.8 Å². The molecule has 0 N–H and O–H groups in total. The number of carbonyl (C=O) groups excluding carboxylic acids is 1. The lowest BCUT2D eigenvalue weighted by Crippen LogP contribution is -2.37.